The molecule has 1 amide bonds. The molecule has 3 rings (SSSR count). The van der Waals surface area contributed by atoms with Crippen molar-refractivity contribution in [3.05, 3.63) is 59.0 Å². The molecular formula is C19H16F2N2O3S. The number of carbonyl (C=O) groups excluding carboxylic acids is 1. The normalized spacial score (nSPS) is 10.5. The Morgan fingerprint density at radius 2 is 1.96 bits per heavy atom. The average Bonchev–Trinajstić information content (AvgIpc) is 3.11. The molecule has 140 valence electrons. The summed E-state index contributed by atoms with van der Waals surface area (Å²) in [6.07, 6.45) is 0. The van der Waals surface area contributed by atoms with Crippen molar-refractivity contribution in [2.75, 3.05) is 19.0 Å². The van der Waals surface area contributed by atoms with Gasteiger partial charge in [0.05, 0.1) is 12.8 Å². The van der Waals surface area contributed by atoms with E-state index in [1.54, 1.807) is 11.4 Å². The molecule has 0 atom stereocenters. The topological polar surface area (TPSA) is 60.5 Å². The highest BCUT2D eigenvalue weighted by Gasteiger charge is 2.12. The molecule has 0 radical (unpaired) electrons. The highest BCUT2D eigenvalue weighted by molar-refractivity contribution is 7.14. The summed E-state index contributed by atoms with van der Waals surface area (Å²) in [6.45, 7) is 1.70. The number of aromatic nitrogens is 1. The number of aryl methyl sites for hydroxylation is 1. The van der Waals surface area contributed by atoms with Crippen molar-refractivity contribution in [3.63, 3.8) is 0 Å². The van der Waals surface area contributed by atoms with Gasteiger partial charge in [-0.15, -0.1) is 11.3 Å². The Morgan fingerprint density at radius 1 is 1.15 bits per heavy atom. The lowest BCUT2D eigenvalue weighted by Gasteiger charge is -2.10. The summed E-state index contributed by atoms with van der Waals surface area (Å²) in [4.78, 5) is 16.3. The highest BCUT2D eigenvalue weighted by atomic mass is 32.1. The number of hydrogen-bond acceptors (Lipinski definition) is 5. The molecule has 27 heavy (non-hydrogen) atoms. The van der Waals surface area contributed by atoms with Crippen LogP contribution in [0.15, 0.2) is 41.8 Å². The first-order valence-corrected chi connectivity index (χ1v) is 8.82. The Hall–Kier alpha value is -3.00. The van der Waals surface area contributed by atoms with E-state index in [-0.39, 0.29) is 6.61 Å². The number of amides is 1. The molecule has 0 bridgehead atoms. The third-order valence-electron chi connectivity index (χ3n) is 3.64. The number of anilines is 1. The van der Waals surface area contributed by atoms with Gasteiger partial charge in [-0.2, -0.15) is 0 Å². The molecule has 0 spiro atoms. The zero-order valence-corrected chi connectivity index (χ0v) is 15.4. The van der Waals surface area contributed by atoms with E-state index in [9.17, 15) is 13.6 Å². The van der Waals surface area contributed by atoms with Crippen molar-refractivity contribution in [2.45, 2.75) is 6.92 Å². The summed E-state index contributed by atoms with van der Waals surface area (Å²) in [6, 6.07) is 8.90. The highest BCUT2D eigenvalue weighted by Crippen LogP contribution is 2.28. The number of methoxy groups -OCH3 is 1. The standard InChI is InChI=1S/C19H16F2N2O3S/c1-11-3-6-16(17(7-11)25-2)26-9-18(24)23-19-22-15(10-27-19)12-4-5-13(20)14(21)8-12/h3-8,10H,9H2,1-2H3,(H,22,23,24). The number of rotatable bonds is 6. The van der Waals surface area contributed by atoms with Crippen LogP contribution in [-0.2, 0) is 4.79 Å². The van der Waals surface area contributed by atoms with E-state index < -0.39 is 17.5 Å². The Bertz CT molecular complexity index is 975. The van der Waals surface area contributed by atoms with Crippen molar-refractivity contribution in [3.8, 4) is 22.8 Å². The number of thiazole rings is 1. The van der Waals surface area contributed by atoms with Crippen LogP contribution >= 0.6 is 11.3 Å². The summed E-state index contributed by atoms with van der Waals surface area (Å²) in [5.74, 6) is -1.28. The van der Waals surface area contributed by atoms with Crippen molar-refractivity contribution < 1.29 is 23.0 Å². The molecule has 0 fully saturated rings. The van der Waals surface area contributed by atoms with Crippen LogP contribution in [0.3, 0.4) is 0 Å². The Labute approximate surface area is 158 Å². The summed E-state index contributed by atoms with van der Waals surface area (Å²) < 4.78 is 37.1. The number of benzene rings is 2. The van der Waals surface area contributed by atoms with Gasteiger partial charge in [0.25, 0.3) is 5.91 Å². The fraction of sp³-hybridized carbons (Fsp3) is 0.158. The third kappa shape index (κ3) is 4.59. The van der Waals surface area contributed by atoms with Crippen LogP contribution < -0.4 is 14.8 Å². The first kappa shape index (κ1) is 18.8. The van der Waals surface area contributed by atoms with Crippen LogP contribution in [0.25, 0.3) is 11.3 Å². The van der Waals surface area contributed by atoms with Crippen LogP contribution in [0.1, 0.15) is 5.56 Å². The van der Waals surface area contributed by atoms with Gasteiger partial charge in [0.2, 0.25) is 0 Å². The Balaban J connectivity index is 1.62. The SMILES string of the molecule is COc1cc(C)ccc1OCC(=O)Nc1nc(-c2ccc(F)c(F)c2)cs1. The predicted molar refractivity (Wildman–Crippen MR) is 99.3 cm³/mol. The first-order chi connectivity index (χ1) is 13.0. The Morgan fingerprint density at radius 3 is 2.70 bits per heavy atom. The number of hydrogen-bond donors (Lipinski definition) is 1. The number of halogens is 2. The molecule has 0 aliphatic rings. The second-order valence-corrected chi connectivity index (χ2v) is 6.52. The minimum absolute atomic E-state index is 0.223. The van der Waals surface area contributed by atoms with E-state index >= 15 is 0 Å². The van der Waals surface area contributed by atoms with Gasteiger partial charge in [0.1, 0.15) is 0 Å². The molecule has 5 nitrogen and oxygen atoms in total. The molecule has 3 aromatic rings. The van der Waals surface area contributed by atoms with Crippen molar-refractivity contribution in [2.24, 2.45) is 0 Å². The predicted octanol–water partition coefficient (Wildman–Crippen LogP) is 4.42. The van der Waals surface area contributed by atoms with Gasteiger partial charge in [-0.25, -0.2) is 13.8 Å². The summed E-state index contributed by atoms with van der Waals surface area (Å²) in [7, 11) is 1.52. The summed E-state index contributed by atoms with van der Waals surface area (Å²) in [5.41, 5.74) is 1.87. The van der Waals surface area contributed by atoms with Crippen LogP contribution in [0, 0.1) is 18.6 Å². The monoisotopic (exact) mass is 390 g/mol. The number of carbonyl (C=O) groups is 1. The molecule has 1 aromatic heterocycles. The number of ether oxygens (including phenoxy) is 2. The quantitative estimate of drug-likeness (QED) is 0.677. The minimum atomic E-state index is -0.952. The number of nitrogens with zero attached hydrogens (tertiary/aromatic N) is 1. The summed E-state index contributed by atoms with van der Waals surface area (Å²) in [5, 5.41) is 4.59. The van der Waals surface area contributed by atoms with Gasteiger partial charge in [-0.1, -0.05) is 6.07 Å². The molecule has 1 heterocycles. The van der Waals surface area contributed by atoms with Crippen molar-refractivity contribution >= 4 is 22.4 Å². The molecule has 0 aliphatic carbocycles. The van der Waals surface area contributed by atoms with Gasteiger partial charge >= 0.3 is 0 Å². The summed E-state index contributed by atoms with van der Waals surface area (Å²) >= 11 is 1.17. The Kier molecular flexibility index (Phi) is 5.66. The molecule has 0 saturated carbocycles. The molecule has 0 saturated heterocycles. The van der Waals surface area contributed by atoms with E-state index in [2.05, 4.69) is 10.3 Å². The molecular weight excluding hydrogens is 374 g/mol. The maximum Gasteiger partial charge on any atom is 0.264 e. The van der Waals surface area contributed by atoms with Gasteiger partial charge in [0.15, 0.2) is 34.9 Å². The van der Waals surface area contributed by atoms with Gasteiger partial charge in [-0.05, 0) is 42.8 Å². The van der Waals surface area contributed by atoms with E-state index in [1.807, 2.05) is 19.1 Å². The zero-order valence-electron chi connectivity index (χ0n) is 14.6. The van der Waals surface area contributed by atoms with Crippen LogP contribution in [0.4, 0.5) is 13.9 Å². The van der Waals surface area contributed by atoms with Crippen molar-refractivity contribution in [1.29, 1.82) is 0 Å². The molecule has 0 unspecified atom stereocenters. The minimum Gasteiger partial charge on any atom is -0.493 e. The fourth-order valence-corrected chi connectivity index (χ4v) is 3.05. The molecule has 0 aliphatic heterocycles. The van der Waals surface area contributed by atoms with Crippen LogP contribution in [0.5, 0.6) is 11.5 Å². The molecule has 2 aromatic carbocycles. The zero-order chi connectivity index (χ0) is 19.4. The largest absolute Gasteiger partial charge is 0.493 e. The lowest BCUT2D eigenvalue weighted by molar-refractivity contribution is -0.118. The molecule has 8 heteroatoms. The average molecular weight is 390 g/mol. The first-order valence-electron chi connectivity index (χ1n) is 7.94. The van der Waals surface area contributed by atoms with Crippen LogP contribution in [0.2, 0.25) is 0 Å². The van der Waals surface area contributed by atoms with E-state index in [1.165, 1.54) is 24.5 Å². The smallest absolute Gasteiger partial charge is 0.264 e. The van der Waals surface area contributed by atoms with Crippen LogP contribution in [-0.4, -0.2) is 24.6 Å². The maximum atomic E-state index is 13.3. The fourth-order valence-electron chi connectivity index (χ4n) is 2.31. The van der Waals surface area contributed by atoms with E-state index in [0.29, 0.717) is 27.9 Å². The molecule has 1 N–H and O–H groups in total. The lowest BCUT2D eigenvalue weighted by Crippen LogP contribution is -2.20. The van der Waals surface area contributed by atoms with Crippen molar-refractivity contribution in [1.82, 2.24) is 4.98 Å². The maximum absolute atomic E-state index is 13.3. The van der Waals surface area contributed by atoms with E-state index in [0.717, 1.165) is 17.7 Å². The third-order valence-corrected chi connectivity index (χ3v) is 4.40. The second-order valence-electron chi connectivity index (χ2n) is 5.66. The lowest BCUT2D eigenvalue weighted by atomic mass is 10.2. The van der Waals surface area contributed by atoms with Gasteiger partial charge < -0.3 is 9.47 Å². The second kappa shape index (κ2) is 8.13. The van der Waals surface area contributed by atoms with E-state index in [4.69, 9.17) is 9.47 Å². The number of nitrogens with one attached hydrogen (secondary N) is 1. The van der Waals surface area contributed by atoms with Gasteiger partial charge in [-0.3, -0.25) is 10.1 Å². The van der Waals surface area contributed by atoms with Gasteiger partial charge in [0, 0.05) is 10.9 Å².